The van der Waals surface area contributed by atoms with E-state index in [-0.39, 0.29) is 5.91 Å². The third-order valence-corrected chi connectivity index (χ3v) is 3.98. The summed E-state index contributed by atoms with van der Waals surface area (Å²) in [4.78, 5) is 18.7. The van der Waals surface area contributed by atoms with Crippen molar-refractivity contribution in [3.05, 3.63) is 47.7 Å². The Morgan fingerprint density at radius 1 is 1.35 bits per heavy atom. The van der Waals surface area contributed by atoms with Crippen molar-refractivity contribution in [2.45, 2.75) is 19.8 Å². The van der Waals surface area contributed by atoms with Crippen molar-refractivity contribution in [3.63, 3.8) is 0 Å². The molecule has 1 aliphatic heterocycles. The highest BCUT2D eigenvalue weighted by molar-refractivity contribution is 6.04. The number of rotatable bonds is 4. The summed E-state index contributed by atoms with van der Waals surface area (Å²) in [6, 6.07) is 9.42. The van der Waals surface area contributed by atoms with Crippen molar-refractivity contribution in [2.75, 3.05) is 30.4 Å². The van der Waals surface area contributed by atoms with Gasteiger partial charge in [0.2, 0.25) is 5.88 Å². The number of nitrogens with one attached hydrogen (secondary N) is 1. The van der Waals surface area contributed by atoms with E-state index in [0.29, 0.717) is 18.1 Å². The average molecular weight is 311 g/mol. The normalized spacial score (nSPS) is 13.4. The predicted molar refractivity (Wildman–Crippen MR) is 91.4 cm³/mol. The first-order valence-electron chi connectivity index (χ1n) is 7.91. The van der Waals surface area contributed by atoms with Gasteiger partial charge in [0.05, 0.1) is 6.61 Å². The lowest BCUT2D eigenvalue weighted by Crippen LogP contribution is -2.24. The van der Waals surface area contributed by atoms with Gasteiger partial charge in [0.25, 0.3) is 5.91 Å². The Bertz CT molecular complexity index is 715. The van der Waals surface area contributed by atoms with Crippen LogP contribution in [-0.4, -0.2) is 31.1 Å². The molecule has 1 N–H and O–H groups in total. The number of pyridine rings is 1. The summed E-state index contributed by atoms with van der Waals surface area (Å²) in [7, 11) is 2.10. The van der Waals surface area contributed by atoms with Crippen LogP contribution in [0.5, 0.6) is 5.88 Å². The standard InChI is InChI=1S/C18H21N3O2/c1-3-23-17-12-14(8-9-19-17)18(22)20-15-6-7-16-13(11-15)5-4-10-21(16)2/h6-9,11-12H,3-5,10H2,1-2H3,(H,20,22). The minimum absolute atomic E-state index is 0.155. The number of hydrogen-bond donors (Lipinski definition) is 1. The quantitative estimate of drug-likeness (QED) is 0.942. The van der Waals surface area contributed by atoms with Gasteiger partial charge >= 0.3 is 0 Å². The van der Waals surface area contributed by atoms with E-state index in [1.807, 2.05) is 13.0 Å². The van der Waals surface area contributed by atoms with Crippen molar-refractivity contribution < 1.29 is 9.53 Å². The van der Waals surface area contributed by atoms with Gasteiger partial charge in [-0.25, -0.2) is 4.98 Å². The number of aromatic nitrogens is 1. The van der Waals surface area contributed by atoms with Gasteiger partial charge < -0.3 is 15.0 Å². The largest absolute Gasteiger partial charge is 0.478 e. The number of benzene rings is 1. The maximum Gasteiger partial charge on any atom is 0.255 e. The number of aryl methyl sites for hydroxylation is 1. The SMILES string of the molecule is CCOc1cc(C(=O)Nc2ccc3c(c2)CCCN3C)ccn1. The minimum Gasteiger partial charge on any atom is -0.478 e. The number of ether oxygens (including phenoxy) is 1. The smallest absolute Gasteiger partial charge is 0.255 e. The lowest BCUT2D eigenvalue weighted by Gasteiger charge is -2.27. The number of fused-ring (bicyclic) bond motifs is 1. The van der Waals surface area contributed by atoms with E-state index in [1.165, 1.54) is 11.3 Å². The second kappa shape index (κ2) is 6.69. The van der Waals surface area contributed by atoms with Crippen molar-refractivity contribution in [1.29, 1.82) is 0 Å². The summed E-state index contributed by atoms with van der Waals surface area (Å²) < 4.78 is 5.34. The van der Waals surface area contributed by atoms with Crippen LogP contribution in [0, 0.1) is 0 Å². The zero-order valence-electron chi connectivity index (χ0n) is 13.5. The highest BCUT2D eigenvalue weighted by Gasteiger charge is 2.15. The van der Waals surface area contributed by atoms with E-state index < -0.39 is 0 Å². The molecular weight excluding hydrogens is 290 g/mol. The molecule has 2 heterocycles. The van der Waals surface area contributed by atoms with Crippen LogP contribution in [0.25, 0.3) is 0 Å². The Labute approximate surface area is 136 Å². The van der Waals surface area contributed by atoms with Gasteiger partial charge in [0.15, 0.2) is 0 Å². The van der Waals surface area contributed by atoms with Gasteiger partial charge in [-0.1, -0.05) is 0 Å². The van der Waals surface area contributed by atoms with Crippen LogP contribution >= 0.6 is 0 Å². The number of carbonyl (C=O) groups excluding carboxylic acids is 1. The van der Waals surface area contributed by atoms with E-state index in [4.69, 9.17) is 4.74 Å². The van der Waals surface area contributed by atoms with E-state index in [2.05, 4.69) is 34.4 Å². The molecule has 1 aromatic carbocycles. The predicted octanol–water partition coefficient (Wildman–Crippen LogP) is 3.12. The molecule has 0 saturated carbocycles. The van der Waals surface area contributed by atoms with Gasteiger partial charge in [-0.2, -0.15) is 0 Å². The maximum absolute atomic E-state index is 12.4. The van der Waals surface area contributed by atoms with E-state index in [1.54, 1.807) is 18.3 Å². The van der Waals surface area contributed by atoms with E-state index in [9.17, 15) is 4.79 Å². The average Bonchev–Trinajstić information content (AvgIpc) is 2.55. The molecule has 23 heavy (non-hydrogen) atoms. The molecule has 2 aromatic rings. The number of carbonyl (C=O) groups is 1. The molecule has 5 heteroatoms. The zero-order valence-corrected chi connectivity index (χ0v) is 13.5. The highest BCUT2D eigenvalue weighted by Crippen LogP contribution is 2.28. The Kier molecular flexibility index (Phi) is 4.46. The van der Waals surface area contributed by atoms with E-state index >= 15 is 0 Å². The molecule has 0 aliphatic carbocycles. The number of amides is 1. The fourth-order valence-corrected chi connectivity index (χ4v) is 2.84. The van der Waals surface area contributed by atoms with Crippen molar-refractivity contribution >= 4 is 17.3 Å². The molecule has 0 fully saturated rings. The molecule has 1 aliphatic rings. The van der Waals surface area contributed by atoms with Crippen LogP contribution < -0.4 is 15.0 Å². The van der Waals surface area contributed by atoms with Crippen LogP contribution in [0.15, 0.2) is 36.5 Å². The van der Waals surface area contributed by atoms with E-state index in [0.717, 1.165) is 25.1 Å². The van der Waals surface area contributed by atoms with Crippen LogP contribution in [-0.2, 0) is 6.42 Å². The van der Waals surface area contributed by atoms with Crippen molar-refractivity contribution in [3.8, 4) is 5.88 Å². The second-order valence-electron chi connectivity index (χ2n) is 5.64. The van der Waals surface area contributed by atoms with Crippen LogP contribution in [0.4, 0.5) is 11.4 Å². The Morgan fingerprint density at radius 2 is 2.22 bits per heavy atom. The summed E-state index contributed by atoms with van der Waals surface area (Å²) in [5.41, 5.74) is 3.88. The summed E-state index contributed by atoms with van der Waals surface area (Å²) in [6.45, 7) is 3.49. The Hall–Kier alpha value is -2.56. The molecule has 0 atom stereocenters. The fraction of sp³-hybridized carbons (Fsp3) is 0.333. The first-order chi connectivity index (χ1) is 11.2. The molecule has 0 saturated heterocycles. The molecule has 1 aromatic heterocycles. The third-order valence-electron chi connectivity index (χ3n) is 3.98. The summed E-state index contributed by atoms with van der Waals surface area (Å²) in [5.74, 6) is 0.310. The van der Waals surface area contributed by atoms with Crippen LogP contribution in [0.2, 0.25) is 0 Å². The Balaban J connectivity index is 1.76. The molecule has 120 valence electrons. The van der Waals surface area contributed by atoms with Crippen molar-refractivity contribution in [2.24, 2.45) is 0 Å². The first kappa shape index (κ1) is 15.3. The Morgan fingerprint density at radius 3 is 3.04 bits per heavy atom. The molecule has 0 radical (unpaired) electrons. The van der Waals surface area contributed by atoms with Crippen molar-refractivity contribution in [1.82, 2.24) is 4.98 Å². The monoisotopic (exact) mass is 311 g/mol. The minimum atomic E-state index is -0.155. The number of nitrogens with zero attached hydrogens (tertiary/aromatic N) is 2. The lowest BCUT2D eigenvalue weighted by atomic mass is 10.0. The first-order valence-corrected chi connectivity index (χ1v) is 7.91. The van der Waals surface area contributed by atoms with Gasteiger partial charge in [-0.15, -0.1) is 0 Å². The number of hydrogen-bond acceptors (Lipinski definition) is 4. The third kappa shape index (κ3) is 3.44. The van der Waals surface area contributed by atoms with Crippen LogP contribution in [0.3, 0.4) is 0 Å². The summed E-state index contributed by atoms with van der Waals surface area (Å²) in [5, 5.41) is 2.95. The second-order valence-corrected chi connectivity index (χ2v) is 5.64. The topological polar surface area (TPSA) is 54.5 Å². The van der Waals surface area contributed by atoms with Crippen LogP contribution in [0.1, 0.15) is 29.3 Å². The molecule has 0 spiro atoms. The molecule has 5 nitrogen and oxygen atoms in total. The molecule has 1 amide bonds. The highest BCUT2D eigenvalue weighted by atomic mass is 16.5. The molecule has 3 rings (SSSR count). The van der Waals surface area contributed by atoms with Gasteiger partial charge in [-0.05, 0) is 49.6 Å². The number of anilines is 2. The summed E-state index contributed by atoms with van der Waals surface area (Å²) >= 11 is 0. The van der Waals surface area contributed by atoms with Gasteiger partial charge in [0, 0.05) is 42.8 Å². The molecule has 0 unspecified atom stereocenters. The maximum atomic E-state index is 12.4. The molecular formula is C18H21N3O2. The zero-order chi connectivity index (χ0) is 16.2. The van der Waals surface area contributed by atoms with Gasteiger partial charge in [0.1, 0.15) is 0 Å². The van der Waals surface area contributed by atoms with Gasteiger partial charge in [-0.3, -0.25) is 4.79 Å². The fourth-order valence-electron chi connectivity index (χ4n) is 2.84. The lowest BCUT2D eigenvalue weighted by molar-refractivity contribution is 0.102. The summed E-state index contributed by atoms with van der Waals surface area (Å²) in [6.07, 6.45) is 3.78. The molecule has 0 bridgehead atoms.